The van der Waals surface area contributed by atoms with Gasteiger partial charge in [0.25, 0.3) is 11.5 Å². The molecule has 0 saturated heterocycles. The molecule has 0 aliphatic heterocycles. The van der Waals surface area contributed by atoms with Crippen molar-refractivity contribution in [3.63, 3.8) is 0 Å². The van der Waals surface area contributed by atoms with Crippen LogP contribution < -0.4 is 26.0 Å². The molecule has 1 heterocycles. The van der Waals surface area contributed by atoms with Gasteiger partial charge in [0, 0.05) is 17.3 Å². The number of benzene rings is 3. The molecule has 0 bridgehead atoms. The third-order valence-corrected chi connectivity index (χ3v) is 5.26. The molecule has 1 aromatic heterocycles. The number of nitrogens with zero attached hydrogens (tertiary/aromatic N) is 3. The van der Waals surface area contributed by atoms with Crippen molar-refractivity contribution in [1.29, 1.82) is 0 Å². The lowest BCUT2D eigenvalue weighted by Crippen LogP contribution is -2.32. The predicted octanol–water partition coefficient (Wildman–Crippen LogP) is 2.81. The van der Waals surface area contributed by atoms with Gasteiger partial charge >= 0.3 is 11.4 Å². The highest BCUT2D eigenvalue weighted by molar-refractivity contribution is 5.92. The third kappa shape index (κ3) is 5.53. The number of methoxy groups -OCH3 is 1. The Hall–Kier alpha value is -5.26. The van der Waals surface area contributed by atoms with Crippen LogP contribution in [-0.4, -0.2) is 40.4 Å². The van der Waals surface area contributed by atoms with Crippen molar-refractivity contribution >= 4 is 34.4 Å². The van der Waals surface area contributed by atoms with Crippen molar-refractivity contribution in [3.05, 3.63) is 103 Å². The van der Waals surface area contributed by atoms with E-state index in [-0.39, 0.29) is 22.4 Å². The molecule has 12 heteroatoms. The lowest BCUT2D eigenvalue weighted by atomic mass is 10.2. The van der Waals surface area contributed by atoms with Gasteiger partial charge < -0.3 is 19.8 Å². The van der Waals surface area contributed by atoms with Crippen LogP contribution in [0.3, 0.4) is 0 Å². The fourth-order valence-corrected chi connectivity index (χ4v) is 3.47. The number of hydrogen-bond acceptors (Lipinski definition) is 8. The van der Waals surface area contributed by atoms with E-state index < -0.39 is 34.4 Å². The number of aryl methyl sites for hydroxylation is 1. The quantitative estimate of drug-likeness (QED) is 0.213. The maximum atomic E-state index is 12.7. The maximum absolute atomic E-state index is 12.7. The van der Waals surface area contributed by atoms with Crippen molar-refractivity contribution in [2.45, 2.75) is 6.92 Å². The van der Waals surface area contributed by atoms with Crippen LogP contribution in [0.15, 0.2) is 75.4 Å². The first-order valence-electron chi connectivity index (χ1n) is 10.9. The minimum atomic E-state index is -0.777. The number of ether oxygens (including phenoxy) is 2. The average molecular weight is 503 g/mol. The van der Waals surface area contributed by atoms with E-state index in [0.29, 0.717) is 15.9 Å². The number of nitrogens with one attached hydrogen (secondary N) is 2. The van der Waals surface area contributed by atoms with Crippen LogP contribution in [-0.2, 0) is 4.79 Å². The van der Waals surface area contributed by atoms with Crippen LogP contribution in [0.1, 0.15) is 11.1 Å². The van der Waals surface area contributed by atoms with E-state index in [1.807, 2.05) is 19.1 Å². The third-order valence-electron chi connectivity index (χ3n) is 5.26. The minimum Gasteiger partial charge on any atom is -0.493 e. The molecule has 0 spiro atoms. The SMILES string of the molecule is COc1cc(C=Nn2c(=O)[nH]c3ccccc3c2=O)cc([N+](=O)[O-])c1OCC(=O)Nc1ccc(C)cc1. The summed E-state index contributed by atoms with van der Waals surface area (Å²) in [6, 6.07) is 16.0. The molecule has 0 fully saturated rings. The average Bonchev–Trinajstić information content (AvgIpc) is 2.88. The topological polar surface area (TPSA) is 158 Å². The Morgan fingerprint density at radius 1 is 1.16 bits per heavy atom. The van der Waals surface area contributed by atoms with E-state index in [9.17, 15) is 24.5 Å². The molecule has 4 rings (SSSR count). The molecule has 0 saturated carbocycles. The summed E-state index contributed by atoms with van der Waals surface area (Å²) < 4.78 is 11.3. The number of carbonyl (C=O) groups excluding carboxylic acids is 1. The van der Waals surface area contributed by atoms with Crippen LogP contribution in [0.5, 0.6) is 11.5 Å². The van der Waals surface area contributed by atoms with Gasteiger partial charge in [0.05, 0.1) is 29.2 Å². The van der Waals surface area contributed by atoms with Crippen molar-refractivity contribution < 1.29 is 19.2 Å². The number of carbonyl (C=O) groups is 1. The summed E-state index contributed by atoms with van der Waals surface area (Å²) in [4.78, 5) is 50.9. The van der Waals surface area contributed by atoms with E-state index in [0.717, 1.165) is 17.8 Å². The molecule has 37 heavy (non-hydrogen) atoms. The molecule has 188 valence electrons. The Morgan fingerprint density at radius 3 is 2.59 bits per heavy atom. The number of amides is 1. The van der Waals surface area contributed by atoms with Crippen LogP contribution in [0.4, 0.5) is 11.4 Å². The van der Waals surface area contributed by atoms with Gasteiger partial charge in [-0.25, -0.2) is 4.79 Å². The lowest BCUT2D eigenvalue weighted by molar-refractivity contribution is -0.385. The summed E-state index contributed by atoms with van der Waals surface area (Å²) in [6.07, 6.45) is 1.11. The lowest BCUT2D eigenvalue weighted by Gasteiger charge is -2.12. The molecule has 0 radical (unpaired) electrons. The Bertz CT molecular complexity index is 1640. The fourth-order valence-electron chi connectivity index (χ4n) is 3.47. The van der Waals surface area contributed by atoms with Gasteiger partial charge in [-0.2, -0.15) is 5.10 Å². The Morgan fingerprint density at radius 2 is 1.89 bits per heavy atom. The number of aromatic nitrogens is 2. The van der Waals surface area contributed by atoms with E-state index in [2.05, 4.69) is 15.4 Å². The summed E-state index contributed by atoms with van der Waals surface area (Å²) >= 11 is 0. The number of anilines is 1. The van der Waals surface area contributed by atoms with E-state index in [4.69, 9.17) is 9.47 Å². The molecule has 12 nitrogen and oxygen atoms in total. The van der Waals surface area contributed by atoms with Gasteiger partial charge in [0.1, 0.15) is 0 Å². The molecule has 0 aliphatic rings. The number of nitro benzene ring substituents is 1. The van der Waals surface area contributed by atoms with E-state index in [1.54, 1.807) is 30.3 Å². The summed E-state index contributed by atoms with van der Waals surface area (Å²) in [5.74, 6) is -0.830. The molecular weight excluding hydrogens is 482 g/mol. The van der Waals surface area contributed by atoms with Gasteiger partial charge in [-0.05, 0) is 37.3 Å². The molecule has 2 N–H and O–H groups in total. The molecular formula is C25H21N5O7. The monoisotopic (exact) mass is 503 g/mol. The van der Waals surface area contributed by atoms with Crippen LogP contribution >= 0.6 is 0 Å². The first-order chi connectivity index (χ1) is 17.8. The fraction of sp³-hybridized carbons (Fsp3) is 0.120. The highest BCUT2D eigenvalue weighted by atomic mass is 16.6. The van der Waals surface area contributed by atoms with Crippen LogP contribution in [0, 0.1) is 17.0 Å². The summed E-state index contributed by atoms with van der Waals surface area (Å²) in [7, 11) is 1.28. The van der Waals surface area contributed by atoms with Gasteiger partial charge in [-0.3, -0.25) is 19.7 Å². The number of fused-ring (bicyclic) bond motifs is 1. The number of nitro groups is 1. The molecule has 0 aliphatic carbocycles. The zero-order chi connectivity index (χ0) is 26.5. The second-order valence-electron chi connectivity index (χ2n) is 7.87. The number of aromatic amines is 1. The molecule has 4 aromatic rings. The smallest absolute Gasteiger partial charge is 0.349 e. The van der Waals surface area contributed by atoms with Gasteiger partial charge in [0.15, 0.2) is 12.4 Å². The van der Waals surface area contributed by atoms with Crippen LogP contribution in [0.25, 0.3) is 10.9 Å². The number of rotatable bonds is 8. The van der Waals surface area contributed by atoms with E-state index in [1.165, 1.54) is 19.2 Å². The molecule has 3 aromatic carbocycles. The highest BCUT2D eigenvalue weighted by Crippen LogP contribution is 2.38. The zero-order valence-corrected chi connectivity index (χ0v) is 19.8. The molecule has 1 amide bonds. The second-order valence-corrected chi connectivity index (χ2v) is 7.87. The van der Waals surface area contributed by atoms with E-state index >= 15 is 0 Å². The molecule has 0 unspecified atom stereocenters. The highest BCUT2D eigenvalue weighted by Gasteiger charge is 2.23. The summed E-state index contributed by atoms with van der Waals surface area (Å²) in [6.45, 7) is 1.40. The summed E-state index contributed by atoms with van der Waals surface area (Å²) in [5, 5.41) is 18.5. The molecule has 0 atom stereocenters. The first-order valence-corrected chi connectivity index (χ1v) is 10.9. The van der Waals surface area contributed by atoms with Crippen LogP contribution in [0.2, 0.25) is 0 Å². The number of hydrogen-bond donors (Lipinski definition) is 2. The number of H-pyrrole nitrogens is 1. The Kier molecular flexibility index (Phi) is 7.09. The van der Waals surface area contributed by atoms with Gasteiger partial charge in [-0.15, -0.1) is 4.68 Å². The van der Waals surface area contributed by atoms with Gasteiger partial charge in [0.2, 0.25) is 5.75 Å². The number of para-hydroxylation sites is 1. The second kappa shape index (κ2) is 10.6. The largest absolute Gasteiger partial charge is 0.493 e. The Labute approximate surface area is 208 Å². The minimum absolute atomic E-state index is 0.0430. The van der Waals surface area contributed by atoms with Crippen molar-refractivity contribution in [3.8, 4) is 11.5 Å². The van der Waals surface area contributed by atoms with Crippen molar-refractivity contribution in [2.75, 3.05) is 19.0 Å². The first kappa shape index (κ1) is 24.9. The van der Waals surface area contributed by atoms with Crippen molar-refractivity contribution in [1.82, 2.24) is 9.66 Å². The standard InChI is InChI=1S/C25H21N5O7/c1-15-7-9-17(10-8-15)27-22(31)14-37-23-20(30(34)35)11-16(12-21(23)36-2)13-26-29-24(32)18-5-3-4-6-19(18)28-25(29)33/h3-13H,14H2,1-2H3,(H,27,31)(H,28,33). The van der Waals surface area contributed by atoms with Gasteiger partial charge in [-0.1, -0.05) is 29.8 Å². The predicted molar refractivity (Wildman–Crippen MR) is 137 cm³/mol. The zero-order valence-electron chi connectivity index (χ0n) is 19.8. The summed E-state index contributed by atoms with van der Waals surface area (Å²) in [5.41, 5.74) is 0.148. The normalized spacial score (nSPS) is 11.0. The van der Waals surface area contributed by atoms with Crippen molar-refractivity contribution in [2.24, 2.45) is 5.10 Å². The maximum Gasteiger partial charge on any atom is 0.349 e. The Balaban J connectivity index is 1.61.